The van der Waals surface area contributed by atoms with E-state index < -0.39 is 29.6 Å². The van der Waals surface area contributed by atoms with E-state index in [0.29, 0.717) is 18.0 Å². The van der Waals surface area contributed by atoms with Crippen molar-refractivity contribution < 1.29 is 23.8 Å². The van der Waals surface area contributed by atoms with Gasteiger partial charge in [0, 0.05) is 11.8 Å². The molecule has 0 fully saturated rings. The predicted molar refractivity (Wildman–Crippen MR) is 139 cm³/mol. The molecule has 2 aromatic carbocycles. The predicted octanol–water partition coefficient (Wildman–Crippen LogP) is 3.93. The number of anilines is 2. The summed E-state index contributed by atoms with van der Waals surface area (Å²) in [7, 11) is 2.82. The van der Waals surface area contributed by atoms with E-state index in [9.17, 15) is 9.59 Å². The third-order valence-electron chi connectivity index (χ3n) is 6.54. The van der Waals surface area contributed by atoms with Gasteiger partial charge >= 0.3 is 5.97 Å². The minimum absolute atomic E-state index is 0.186. The molecule has 0 aliphatic carbocycles. The molecule has 188 valence electrons. The van der Waals surface area contributed by atoms with E-state index >= 15 is 0 Å². The summed E-state index contributed by atoms with van der Waals surface area (Å²) in [4.78, 5) is 30.9. The Bertz CT molecular complexity index is 1300. The molecule has 2 aliphatic heterocycles. The average Bonchev–Trinajstić information content (AvgIpc) is 3.52. The highest BCUT2D eigenvalue weighted by atomic mass is 16.5. The van der Waals surface area contributed by atoms with Gasteiger partial charge < -0.3 is 24.8 Å². The Hall–Kier alpha value is -4.43. The fourth-order valence-corrected chi connectivity index (χ4v) is 4.82. The minimum Gasteiger partial charge on any atom is -0.481 e. The van der Waals surface area contributed by atoms with E-state index in [0.717, 1.165) is 11.3 Å². The van der Waals surface area contributed by atoms with Gasteiger partial charge in [-0.25, -0.2) is 9.78 Å². The standard InChI is InChI=1S/C29H27N3O5/c1-35-24-14-13-21(18-30-24)32-27(33)25-22-15-16-29(37-22,26(25)28(34)36-2)23(17-19-9-5-3-6-10-19)31-20-11-7-4-8-12-20/h3-16,18,22-23,31H,17H2,1-2H3,(H,32,33). The molecule has 0 saturated heterocycles. The average molecular weight is 498 g/mol. The largest absolute Gasteiger partial charge is 0.481 e. The van der Waals surface area contributed by atoms with Gasteiger partial charge in [-0.3, -0.25) is 4.79 Å². The summed E-state index contributed by atoms with van der Waals surface area (Å²) in [5, 5.41) is 6.37. The van der Waals surface area contributed by atoms with E-state index in [4.69, 9.17) is 14.2 Å². The molecule has 2 aliphatic rings. The second kappa shape index (κ2) is 10.3. The Morgan fingerprint density at radius 1 is 1.00 bits per heavy atom. The Balaban J connectivity index is 1.54. The van der Waals surface area contributed by atoms with Crippen molar-refractivity contribution in [2.75, 3.05) is 24.9 Å². The van der Waals surface area contributed by atoms with Crippen molar-refractivity contribution in [3.63, 3.8) is 0 Å². The molecule has 0 saturated carbocycles. The quantitative estimate of drug-likeness (QED) is 0.341. The van der Waals surface area contributed by atoms with Crippen LogP contribution in [0.5, 0.6) is 5.88 Å². The first-order chi connectivity index (χ1) is 18.0. The highest BCUT2D eigenvalue weighted by Crippen LogP contribution is 2.47. The highest BCUT2D eigenvalue weighted by Gasteiger charge is 2.58. The molecule has 3 heterocycles. The maximum atomic E-state index is 13.5. The van der Waals surface area contributed by atoms with Crippen LogP contribution in [0.1, 0.15) is 5.56 Å². The van der Waals surface area contributed by atoms with Crippen molar-refractivity contribution in [1.82, 2.24) is 4.98 Å². The normalized spacial score (nSPS) is 20.4. The molecule has 8 nitrogen and oxygen atoms in total. The summed E-state index contributed by atoms with van der Waals surface area (Å²) < 4.78 is 16.7. The highest BCUT2D eigenvalue weighted by molar-refractivity contribution is 6.12. The molecule has 3 aromatic rings. The Labute approximate surface area is 215 Å². The number of rotatable bonds is 9. The zero-order chi connectivity index (χ0) is 25.8. The lowest BCUT2D eigenvalue weighted by Crippen LogP contribution is -2.49. The first kappa shape index (κ1) is 24.3. The number of para-hydroxylation sites is 1. The van der Waals surface area contributed by atoms with Crippen molar-refractivity contribution in [1.29, 1.82) is 0 Å². The van der Waals surface area contributed by atoms with Gasteiger partial charge in [0.2, 0.25) is 5.88 Å². The molecule has 0 spiro atoms. The smallest absolute Gasteiger partial charge is 0.337 e. The molecule has 5 rings (SSSR count). The van der Waals surface area contributed by atoms with E-state index in [-0.39, 0.29) is 11.1 Å². The van der Waals surface area contributed by atoms with Crippen LogP contribution in [-0.2, 0) is 25.5 Å². The number of aromatic nitrogens is 1. The van der Waals surface area contributed by atoms with Crippen LogP contribution in [0.15, 0.2) is 102 Å². The van der Waals surface area contributed by atoms with Crippen LogP contribution < -0.4 is 15.4 Å². The van der Waals surface area contributed by atoms with Gasteiger partial charge in [0.1, 0.15) is 11.7 Å². The monoisotopic (exact) mass is 497 g/mol. The van der Waals surface area contributed by atoms with Crippen molar-refractivity contribution in [3.8, 4) is 5.88 Å². The summed E-state index contributed by atoms with van der Waals surface area (Å²) in [5.41, 5.74) is 1.58. The molecule has 2 bridgehead atoms. The number of carbonyl (C=O) groups excluding carboxylic acids is 2. The number of nitrogens with one attached hydrogen (secondary N) is 2. The van der Waals surface area contributed by atoms with Gasteiger partial charge in [-0.05, 0) is 36.3 Å². The molecular formula is C29H27N3O5. The van der Waals surface area contributed by atoms with Crippen molar-refractivity contribution in [2.45, 2.75) is 24.2 Å². The number of amides is 1. The topological polar surface area (TPSA) is 98.8 Å². The lowest BCUT2D eigenvalue weighted by molar-refractivity contribution is -0.138. The minimum atomic E-state index is -1.21. The lowest BCUT2D eigenvalue weighted by atomic mass is 9.78. The van der Waals surface area contributed by atoms with Gasteiger partial charge in [0.25, 0.3) is 5.91 Å². The van der Waals surface area contributed by atoms with Crippen LogP contribution in [0.3, 0.4) is 0 Å². The molecular weight excluding hydrogens is 470 g/mol. The molecule has 3 atom stereocenters. The Kier molecular flexibility index (Phi) is 6.74. The maximum absolute atomic E-state index is 13.5. The van der Waals surface area contributed by atoms with E-state index in [1.54, 1.807) is 12.1 Å². The number of hydrogen-bond donors (Lipinski definition) is 2. The summed E-state index contributed by atoms with van der Waals surface area (Å²) in [6.45, 7) is 0. The van der Waals surface area contributed by atoms with Crippen LogP contribution in [-0.4, -0.2) is 48.8 Å². The van der Waals surface area contributed by atoms with Gasteiger partial charge in [-0.15, -0.1) is 0 Å². The molecule has 1 aromatic heterocycles. The second-order valence-corrected chi connectivity index (χ2v) is 8.77. The van der Waals surface area contributed by atoms with Gasteiger partial charge in [0.05, 0.1) is 43.3 Å². The second-order valence-electron chi connectivity index (χ2n) is 8.77. The first-order valence-corrected chi connectivity index (χ1v) is 11.9. The Morgan fingerprint density at radius 2 is 1.73 bits per heavy atom. The van der Waals surface area contributed by atoms with Crippen LogP contribution >= 0.6 is 0 Å². The number of carbonyl (C=O) groups is 2. The number of hydrogen-bond acceptors (Lipinski definition) is 7. The third kappa shape index (κ3) is 4.71. The molecule has 1 amide bonds. The van der Waals surface area contributed by atoms with Gasteiger partial charge in [-0.1, -0.05) is 54.6 Å². The molecule has 2 N–H and O–H groups in total. The van der Waals surface area contributed by atoms with Crippen LogP contribution in [0.4, 0.5) is 11.4 Å². The zero-order valence-corrected chi connectivity index (χ0v) is 20.5. The van der Waals surface area contributed by atoms with Gasteiger partial charge in [0.15, 0.2) is 0 Å². The summed E-state index contributed by atoms with van der Waals surface area (Å²) in [5.74, 6) is -0.645. The molecule has 3 unspecified atom stereocenters. The Morgan fingerprint density at radius 3 is 2.38 bits per heavy atom. The van der Waals surface area contributed by atoms with Crippen LogP contribution in [0.2, 0.25) is 0 Å². The van der Waals surface area contributed by atoms with E-state index in [2.05, 4.69) is 15.6 Å². The summed E-state index contributed by atoms with van der Waals surface area (Å²) >= 11 is 0. The summed E-state index contributed by atoms with van der Waals surface area (Å²) in [6, 6.07) is 22.5. The number of fused-ring (bicyclic) bond motifs is 2. The molecule has 37 heavy (non-hydrogen) atoms. The zero-order valence-electron chi connectivity index (χ0n) is 20.5. The first-order valence-electron chi connectivity index (χ1n) is 11.9. The fourth-order valence-electron chi connectivity index (χ4n) is 4.82. The molecule has 8 heteroatoms. The van der Waals surface area contributed by atoms with Crippen LogP contribution in [0, 0.1) is 0 Å². The molecule has 0 radical (unpaired) electrons. The van der Waals surface area contributed by atoms with Crippen molar-refractivity contribution in [2.24, 2.45) is 0 Å². The number of ether oxygens (including phenoxy) is 3. The number of methoxy groups -OCH3 is 2. The summed E-state index contributed by atoms with van der Waals surface area (Å²) in [6.07, 6.45) is 5.00. The number of nitrogens with zero attached hydrogens (tertiary/aromatic N) is 1. The SMILES string of the molecule is COC(=O)C1=C(C(=O)Nc2ccc(OC)nc2)C2C=CC1(C(Cc1ccccc1)Nc1ccccc1)O2. The van der Waals surface area contributed by atoms with Crippen LogP contribution in [0.25, 0.3) is 0 Å². The fraction of sp³-hybridized carbons (Fsp3) is 0.207. The third-order valence-corrected chi connectivity index (χ3v) is 6.54. The van der Waals surface area contributed by atoms with E-state index in [1.165, 1.54) is 20.4 Å². The van der Waals surface area contributed by atoms with E-state index in [1.807, 2.05) is 72.8 Å². The lowest BCUT2D eigenvalue weighted by Gasteiger charge is -2.36. The van der Waals surface area contributed by atoms with Crippen molar-refractivity contribution >= 4 is 23.3 Å². The number of benzene rings is 2. The maximum Gasteiger partial charge on any atom is 0.337 e. The number of pyridine rings is 1. The van der Waals surface area contributed by atoms with Crippen molar-refractivity contribution in [3.05, 3.63) is 108 Å². The number of esters is 1. The van der Waals surface area contributed by atoms with Gasteiger partial charge in [-0.2, -0.15) is 0 Å².